The molecule has 0 spiro atoms. The van der Waals surface area contributed by atoms with Crippen molar-refractivity contribution >= 4 is 10.4 Å². The van der Waals surface area contributed by atoms with Crippen molar-refractivity contribution in [2.24, 2.45) is 0 Å². The zero-order valence-corrected chi connectivity index (χ0v) is 15.7. The van der Waals surface area contributed by atoms with Gasteiger partial charge in [-0.3, -0.25) is 8.42 Å². The van der Waals surface area contributed by atoms with E-state index in [4.69, 9.17) is 27.7 Å². The number of hydrogen-bond donors (Lipinski definition) is 3. The number of hydrogen-bond acceptors (Lipinski definition) is 7. The van der Waals surface area contributed by atoms with E-state index in [9.17, 15) is 0 Å². The fraction of sp³-hybridized carbons (Fsp3) is 1.00. The summed E-state index contributed by atoms with van der Waals surface area (Å²) in [6.07, 6.45) is 0. The van der Waals surface area contributed by atoms with E-state index in [0.717, 1.165) is 0 Å². The van der Waals surface area contributed by atoms with Crippen molar-refractivity contribution < 1.29 is 49.0 Å². The van der Waals surface area contributed by atoms with Crippen LogP contribution in [-0.2, 0) is 27.2 Å². The fourth-order valence-corrected chi connectivity index (χ4v) is 1.62. The van der Waals surface area contributed by atoms with Gasteiger partial charge in [-0.15, -0.1) is 0 Å². The van der Waals surface area contributed by atoms with Crippen molar-refractivity contribution in [1.82, 2.24) is 5.32 Å². The van der Waals surface area contributed by atoms with Gasteiger partial charge in [0.15, 0.2) is 0 Å². The molecule has 10 heteroatoms. The Balaban J connectivity index is -0.000000113. The van der Waals surface area contributed by atoms with Crippen molar-refractivity contribution in [2.75, 3.05) is 52.5 Å². The van der Waals surface area contributed by atoms with Crippen molar-refractivity contribution in [3.63, 3.8) is 0 Å². The van der Waals surface area contributed by atoms with Crippen molar-refractivity contribution in [2.45, 2.75) is 27.7 Å². The van der Waals surface area contributed by atoms with E-state index in [2.05, 4.69) is 33.0 Å². The van der Waals surface area contributed by atoms with Crippen LogP contribution in [0.3, 0.4) is 0 Å². The summed E-state index contributed by atoms with van der Waals surface area (Å²) in [5.41, 5.74) is 0. The third-order valence-electron chi connectivity index (χ3n) is 3.26. The van der Waals surface area contributed by atoms with Crippen LogP contribution in [0.15, 0.2) is 0 Å². The smallest absolute Gasteiger partial charge is 0.0757 e. The molecule has 0 saturated heterocycles. The molecule has 0 bridgehead atoms. The third kappa shape index (κ3) is 28.4. The van der Waals surface area contributed by atoms with E-state index in [0.29, 0.717) is 13.1 Å². The van der Waals surface area contributed by atoms with Crippen LogP contribution in [0.1, 0.15) is 27.7 Å². The van der Waals surface area contributed by atoms with E-state index >= 15 is 0 Å². The molecule has 0 aliphatic carbocycles. The predicted octanol–water partition coefficient (Wildman–Crippen LogP) is -0.897. The number of rotatable bonds is 8. The van der Waals surface area contributed by atoms with Crippen LogP contribution in [0.5, 0.6) is 0 Å². The zero-order valence-electron chi connectivity index (χ0n) is 13.9. The zero-order chi connectivity index (χ0) is 17.4. The van der Waals surface area contributed by atoms with Gasteiger partial charge in [-0.1, -0.05) is 0 Å². The molecule has 22 heavy (non-hydrogen) atoms. The third-order valence-corrected chi connectivity index (χ3v) is 3.26. The Bertz CT molecular complexity index is 270. The van der Waals surface area contributed by atoms with Crippen molar-refractivity contribution in [3.8, 4) is 0 Å². The van der Waals surface area contributed by atoms with Crippen molar-refractivity contribution in [3.05, 3.63) is 0 Å². The molecular formula is C12H31CoN2O6S-. The van der Waals surface area contributed by atoms with Crippen molar-refractivity contribution in [1.29, 1.82) is 0 Å². The standard InChI is InChI=1S/C8H20N.C4H11NO2.Co.H2O4S/c1-5-9(6-2,7-3)8-4;6-3-1-5-2-4-7;;1-5(2,3)4/h5-8H2,1-4H3;5-7H,1-4H2;;(H2,1,2,3,4)/q+1;;;/p-2. The molecule has 141 valence electrons. The molecular weight excluding hydrogens is 359 g/mol. The molecule has 0 aromatic heterocycles. The summed E-state index contributed by atoms with van der Waals surface area (Å²) in [5, 5.41) is 19.1. The average molecular weight is 390 g/mol. The van der Waals surface area contributed by atoms with Crippen LogP contribution in [0.4, 0.5) is 0 Å². The average Bonchev–Trinajstić information content (AvgIpc) is 2.42. The van der Waals surface area contributed by atoms with E-state index < -0.39 is 10.4 Å². The summed E-state index contributed by atoms with van der Waals surface area (Å²) >= 11 is 0. The van der Waals surface area contributed by atoms with Gasteiger partial charge in [0.1, 0.15) is 0 Å². The second kappa shape index (κ2) is 19.3. The first kappa shape index (κ1) is 30.1. The largest absolute Gasteiger partial charge is 0.759 e. The molecule has 0 amide bonds. The van der Waals surface area contributed by atoms with Crippen LogP contribution in [0, 0.1) is 0 Å². The van der Waals surface area contributed by atoms with Crippen LogP contribution in [0.25, 0.3) is 0 Å². The number of nitrogens with one attached hydrogen (secondary N) is 1. The van der Waals surface area contributed by atoms with E-state index in [1.54, 1.807) is 0 Å². The molecule has 0 aliphatic heterocycles. The predicted molar refractivity (Wildman–Crippen MR) is 79.9 cm³/mol. The van der Waals surface area contributed by atoms with Crippen LogP contribution in [-0.4, -0.2) is 84.7 Å². The molecule has 8 nitrogen and oxygen atoms in total. The van der Waals surface area contributed by atoms with Crippen LogP contribution >= 0.6 is 0 Å². The summed E-state index contributed by atoms with van der Waals surface area (Å²) < 4.78 is 35.4. The first-order chi connectivity index (χ1) is 9.66. The second-order valence-corrected chi connectivity index (χ2v) is 5.03. The molecule has 0 atom stereocenters. The molecule has 0 saturated carbocycles. The van der Waals surface area contributed by atoms with Crippen LogP contribution < -0.4 is 5.32 Å². The Morgan fingerprint density at radius 1 is 0.864 bits per heavy atom. The first-order valence-electron chi connectivity index (χ1n) is 7.10. The van der Waals surface area contributed by atoms with Gasteiger partial charge in [0.25, 0.3) is 0 Å². The Labute approximate surface area is 145 Å². The molecule has 0 rings (SSSR count). The summed E-state index contributed by atoms with van der Waals surface area (Å²) in [6, 6.07) is 0. The van der Waals surface area contributed by atoms with Gasteiger partial charge in [0.05, 0.1) is 39.4 Å². The van der Waals surface area contributed by atoms with E-state index in [1.165, 1.54) is 30.7 Å². The minimum Gasteiger partial charge on any atom is -0.759 e. The maximum absolute atomic E-state index is 8.52. The van der Waals surface area contributed by atoms with E-state index in [-0.39, 0.29) is 30.0 Å². The van der Waals surface area contributed by atoms with Gasteiger partial charge in [-0.05, 0) is 27.7 Å². The minimum atomic E-state index is -5.17. The Morgan fingerprint density at radius 3 is 1.18 bits per heavy atom. The fourth-order valence-electron chi connectivity index (χ4n) is 1.62. The number of aliphatic hydroxyl groups excluding tert-OH is 2. The Kier molecular flexibility index (Phi) is 26.4. The second-order valence-electron chi connectivity index (χ2n) is 4.21. The molecule has 0 aromatic rings. The summed E-state index contributed by atoms with van der Waals surface area (Å²) in [5.74, 6) is 0. The normalized spacial score (nSPS) is 10.5. The molecule has 3 N–H and O–H groups in total. The molecule has 0 heterocycles. The Hall–Kier alpha value is 0.216. The molecule has 1 radical (unpaired) electrons. The van der Waals surface area contributed by atoms with Gasteiger partial charge >= 0.3 is 0 Å². The Morgan fingerprint density at radius 2 is 1.09 bits per heavy atom. The van der Waals surface area contributed by atoms with Gasteiger partial charge in [0.2, 0.25) is 0 Å². The summed E-state index contributed by atoms with van der Waals surface area (Å²) in [7, 11) is -5.17. The van der Waals surface area contributed by atoms with Crippen LogP contribution in [0.2, 0.25) is 0 Å². The molecule has 0 aromatic carbocycles. The first-order valence-corrected chi connectivity index (χ1v) is 8.43. The summed E-state index contributed by atoms with van der Waals surface area (Å²) in [6.45, 7) is 15.6. The number of quaternary nitrogens is 1. The molecule has 0 unspecified atom stereocenters. The van der Waals surface area contributed by atoms with Gasteiger partial charge in [0, 0.05) is 40.3 Å². The van der Waals surface area contributed by atoms with Gasteiger partial charge in [-0.2, -0.15) is 0 Å². The van der Waals surface area contributed by atoms with Gasteiger partial charge < -0.3 is 29.1 Å². The minimum absolute atomic E-state index is 0. The quantitative estimate of drug-likeness (QED) is 0.212. The molecule has 0 aliphatic rings. The topological polar surface area (TPSA) is 133 Å². The SMILES string of the molecule is CC[N+](CC)(CC)CC.O=S(=O)([O-])[O-].OCCNCCO.[Co]. The number of nitrogens with zero attached hydrogens (tertiary/aromatic N) is 1. The van der Waals surface area contributed by atoms with Gasteiger partial charge in [-0.25, -0.2) is 0 Å². The summed E-state index contributed by atoms with van der Waals surface area (Å²) in [4.78, 5) is 0. The maximum atomic E-state index is 8.52. The molecule has 0 fully saturated rings. The monoisotopic (exact) mass is 390 g/mol. The maximum Gasteiger partial charge on any atom is 0.0757 e. The van der Waals surface area contributed by atoms with E-state index in [1.807, 2.05) is 0 Å². The number of aliphatic hydroxyl groups is 2.